The summed E-state index contributed by atoms with van der Waals surface area (Å²) in [5.74, 6) is -0.625. The Labute approximate surface area is 141 Å². The van der Waals surface area contributed by atoms with Crippen LogP contribution in [0.25, 0.3) is 11.0 Å². The Kier molecular flexibility index (Phi) is 3.33. The smallest absolute Gasteiger partial charge is 0.163 e. The Balaban J connectivity index is 1.78. The van der Waals surface area contributed by atoms with Crippen LogP contribution in [0.2, 0.25) is 0 Å². The minimum Gasteiger partial charge on any atom is -0.390 e. The monoisotopic (exact) mass is 331 g/mol. The first-order valence-electron chi connectivity index (χ1n) is 8.53. The van der Waals surface area contributed by atoms with Gasteiger partial charge >= 0.3 is 0 Å². The molecule has 1 N–H and O–H groups in total. The first kappa shape index (κ1) is 16.0. The molecule has 0 spiro atoms. The molecule has 0 amide bonds. The van der Waals surface area contributed by atoms with Gasteiger partial charge in [-0.05, 0) is 47.1 Å². The quantitative estimate of drug-likeness (QED) is 0.916. The average Bonchev–Trinajstić information content (AvgIpc) is 3.08. The van der Waals surface area contributed by atoms with Crippen molar-refractivity contribution in [3.05, 3.63) is 24.3 Å². The van der Waals surface area contributed by atoms with Crippen LogP contribution >= 0.6 is 0 Å². The molecule has 0 radical (unpaired) electrons. The second-order valence-electron chi connectivity index (χ2n) is 8.05. The van der Waals surface area contributed by atoms with Crippen molar-refractivity contribution < 1.29 is 14.6 Å². The van der Waals surface area contributed by atoms with Crippen LogP contribution in [0, 0.1) is 12.8 Å². The van der Waals surface area contributed by atoms with Gasteiger partial charge in [-0.2, -0.15) is 0 Å². The van der Waals surface area contributed by atoms with Crippen molar-refractivity contribution in [3.8, 4) is 0 Å². The van der Waals surface area contributed by atoms with E-state index in [1.807, 2.05) is 34.6 Å². The second-order valence-corrected chi connectivity index (χ2v) is 8.05. The van der Waals surface area contributed by atoms with E-state index in [9.17, 15) is 5.11 Å². The van der Waals surface area contributed by atoms with E-state index in [2.05, 4.69) is 26.8 Å². The van der Waals surface area contributed by atoms with Gasteiger partial charge in [0.05, 0.1) is 23.4 Å². The van der Waals surface area contributed by atoms with E-state index in [1.54, 1.807) is 6.33 Å². The number of hydrogen-bond acceptors (Lipinski definition) is 5. The van der Waals surface area contributed by atoms with Crippen LogP contribution in [0.5, 0.6) is 0 Å². The lowest BCUT2D eigenvalue weighted by molar-refractivity contribution is -0.169. The lowest BCUT2D eigenvalue weighted by Crippen LogP contribution is -2.39. The van der Waals surface area contributed by atoms with Crippen molar-refractivity contribution in [2.45, 2.75) is 70.7 Å². The summed E-state index contributed by atoms with van der Waals surface area (Å²) in [7, 11) is 0. The summed E-state index contributed by atoms with van der Waals surface area (Å²) in [6.07, 6.45) is 4.23. The Hall–Kier alpha value is -1.50. The van der Waals surface area contributed by atoms with E-state index in [0.29, 0.717) is 0 Å². The average molecular weight is 331 g/mol. The van der Waals surface area contributed by atoms with Crippen molar-refractivity contribution in [2.75, 3.05) is 0 Å². The van der Waals surface area contributed by atoms with Crippen LogP contribution < -0.4 is 0 Å². The molecule has 1 aliphatic heterocycles. The molecule has 0 aromatic carbocycles. The standard InChI is InChI=1S/C18H25N3O3/c1-10-11-6-7-21(16(11)20-9-19-10)13-8-12(17(2,3)22)14-15(13)24-18(4,5)23-14/h6-7,9,12-15,22H,8H2,1-5H3/t12-,13+,14+,15-/m0/s1. The fourth-order valence-corrected chi connectivity index (χ4v) is 4.28. The van der Waals surface area contributed by atoms with Crippen molar-refractivity contribution in [3.63, 3.8) is 0 Å². The molecule has 2 aliphatic rings. The number of rotatable bonds is 2. The fraction of sp³-hybridized carbons (Fsp3) is 0.667. The van der Waals surface area contributed by atoms with E-state index >= 15 is 0 Å². The van der Waals surface area contributed by atoms with Crippen molar-refractivity contribution in [1.82, 2.24) is 14.5 Å². The maximum atomic E-state index is 10.6. The van der Waals surface area contributed by atoms with E-state index in [0.717, 1.165) is 23.1 Å². The van der Waals surface area contributed by atoms with Crippen LogP contribution in [0.3, 0.4) is 0 Å². The van der Waals surface area contributed by atoms with Crippen molar-refractivity contribution in [2.24, 2.45) is 5.92 Å². The molecular weight excluding hydrogens is 306 g/mol. The number of fused-ring (bicyclic) bond motifs is 2. The molecule has 2 aromatic rings. The molecule has 2 aromatic heterocycles. The number of ether oxygens (including phenoxy) is 2. The molecule has 4 atom stereocenters. The van der Waals surface area contributed by atoms with E-state index in [4.69, 9.17) is 9.47 Å². The maximum absolute atomic E-state index is 10.6. The summed E-state index contributed by atoms with van der Waals surface area (Å²) >= 11 is 0. The van der Waals surface area contributed by atoms with Gasteiger partial charge in [0.25, 0.3) is 0 Å². The van der Waals surface area contributed by atoms with E-state index in [-0.39, 0.29) is 24.2 Å². The maximum Gasteiger partial charge on any atom is 0.163 e. The largest absolute Gasteiger partial charge is 0.390 e. The molecule has 0 unspecified atom stereocenters. The number of aryl methyl sites for hydroxylation is 1. The van der Waals surface area contributed by atoms with Crippen LogP contribution in [-0.2, 0) is 9.47 Å². The molecule has 2 fully saturated rings. The Morgan fingerprint density at radius 2 is 1.96 bits per heavy atom. The summed E-state index contributed by atoms with van der Waals surface area (Å²) in [5, 5.41) is 11.7. The molecule has 1 saturated heterocycles. The molecular formula is C18H25N3O3. The van der Waals surface area contributed by atoms with E-state index in [1.165, 1.54) is 0 Å². The summed E-state index contributed by atoms with van der Waals surface area (Å²) in [5.41, 5.74) is 1.06. The number of aromatic nitrogens is 3. The molecule has 3 heterocycles. The number of nitrogens with zero attached hydrogens (tertiary/aromatic N) is 3. The predicted octanol–water partition coefficient (Wildman–Crippen LogP) is 2.59. The minimum absolute atomic E-state index is 0.00894. The number of aliphatic hydroxyl groups is 1. The fourth-order valence-electron chi connectivity index (χ4n) is 4.28. The zero-order valence-corrected chi connectivity index (χ0v) is 14.9. The SMILES string of the molecule is Cc1ncnc2c1ccn2[C@@H]1C[C@H](C(C)(C)O)[C@H]2OC(C)(C)O[C@H]21. The molecule has 1 saturated carbocycles. The Morgan fingerprint density at radius 1 is 1.25 bits per heavy atom. The molecule has 24 heavy (non-hydrogen) atoms. The van der Waals surface area contributed by atoms with Gasteiger partial charge in [-0.25, -0.2) is 9.97 Å². The van der Waals surface area contributed by atoms with Gasteiger partial charge in [0.2, 0.25) is 0 Å². The van der Waals surface area contributed by atoms with Crippen molar-refractivity contribution in [1.29, 1.82) is 0 Å². The van der Waals surface area contributed by atoms with Crippen LogP contribution in [0.1, 0.15) is 45.9 Å². The highest BCUT2D eigenvalue weighted by Gasteiger charge is 2.57. The van der Waals surface area contributed by atoms with Crippen molar-refractivity contribution >= 4 is 11.0 Å². The molecule has 4 rings (SSSR count). The second kappa shape index (κ2) is 5.00. The third-order valence-electron chi connectivity index (χ3n) is 5.41. The van der Waals surface area contributed by atoms with Gasteiger partial charge in [-0.3, -0.25) is 0 Å². The highest BCUT2D eigenvalue weighted by molar-refractivity contribution is 5.78. The Morgan fingerprint density at radius 3 is 2.67 bits per heavy atom. The zero-order chi connectivity index (χ0) is 17.3. The van der Waals surface area contributed by atoms with Crippen LogP contribution in [0.15, 0.2) is 18.6 Å². The van der Waals surface area contributed by atoms with Crippen LogP contribution in [-0.4, -0.2) is 43.2 Å². The summed E-state index contributed by atoms with van der Waals surface area (Å²) in [6.45, 7) is 9.56. The lowest BCUT2D eigenvalue weighted by atomic mass is 9.87. The highest BCUT2D eigenvalue weighted by atomic mass is 16.8. The molecule has 6 nitrogen and oxygen atoms in total. The topological polar surface area (TPSA) is 69.4 Å². The lowest BCUT2D eigenvalue weighted by Gasteiger charge is -2.31. The molecule has 1 aliphatic carbocycles. The normalized spacial score (nSPS) is 32.4. The Bertz CT molecular complexity index is 777. The van der Waals surface area contributed by atoms with Gasteiger partial charge < -0.3 is 19.1 Å². The summed E-state index contributed by atoms with van der Waals surface area (Å²) < 4.78 is 14.5. The summed E-state index contributed by atoms with van der Waals surface area (Å²) in [4.78, 5) is 8.75. The first-order chi connectivity index (χ1) is 11.2. The van der Waals surface area contributed by atoms with Gasteiger partial charge in [0.15, 0.2) is 5.79 Å². The molecule has 6 heteroatoms. The van der Waals surface area contributed by atoms with Crippen LogP contribution in [0.4, 0.5) is 0 Å². The van der Waals surface area contributed by atoms with Gasteiger partial charge in [0.1, 0.15) is 18.1 Å². The third kappa shape index (κ3) is 2.36. The highest BCUT2D eigenvalue weighted by Crippen LogP contribution is 2.50. The zero-order valence-electron chi connectivity index (χ0n) is 14.9. The van der Waals surface area contributed by atoms with Gasteiger partial charge in [-0.15, -0.1) is 0 Å². The third-order valence-corrected chi connectivity index (χ3v) is 5.41. The van der Waals surface area contributed by atoms with Gasteiger partial charge in [-0.1, -0.05) is 0 Å². The molecule has 130 valence electrons. The number of hydrogen-bond donors (Lipinski definition) is 1. The van der Waals surface area contributed by atoms with Gasteiger partial charge in [0, 0.05) is 17.5 Å². The van der Waals surface area contributed by atoms with E-state index < -0.39 is 11.4 Å². The minimum atomic E-state index is -0.824. The molecule has 0 bridgehead atoms. The first-order valence-corrected chi connectivity index (χ1v) is 8.53. The summed E-state index contributed by atoms with van der Waals surface area (Å²) in [6, 6.07) is 2.14. The predicted molar refractivity (Wildman–Crippen MR) is 89.5 cm³/mol.